The summed E-state index contributed by atoms with van der Waals surface area (Å²) in [5.41, 5.74) is 0. The average Bonchev–Trinajstić information content (AvgIpc) is 2.52. The molecule has 0 aromatic rings. The first kappa shape index (κ1) is 18.7. The highest BCUT2D eigenvalue weighted by Crippen LogP contribution is 2.20. The Hall–Kier alpha value is -0.660. The summed E-state index contributed by atoms with van der Waals surface area (Å²) in [6.07, 6.45) is 4.95. The van der Waals surface area contributed by atoms with Gasteiger partial charge in [-0.3, -0.25) is 9.69 Å². The standard InChI is InChI=1S/C16H31N3O3S/c1-13-4-8-18(9-5-13)14(2)12-17-16(20)15-6-10-19(11-7-15)23(3,21)22/h13-15H,4-12H2,1-3H3,(H,17,20). The molecule has 0 aromatic heterocycles. The SMILES string of the molecule is CC1CCN(C(C)CNC(=O)C2CCN(S(C)(=O)=O)CC2)CC1. The second-order valence-electron chi connectivity index (χ2n) is 7.25. The minimum Gasteiger partial charge on any atom is -0.354 e. The van der Waals surface area contributed by atoms with Crippen LogP contribution in [-0.4, -0.2) is 68.6 Å². The maximum absolute atomic E-state index is 12.3. The molecular formula is C16H31N3O3S. The van der Waals surface area contributed by atoms with Crippen molar-refractivity contribution >= 4 is 15.9 Å². The summed E-state index contributed by atoms with van der Waals surface area (Å²) in [6.45, 7) is 8.29. The molecule has 2 fully saturated rings. The van der Waals surface area contributed by atoms with Crippen LogP contribution in [-0.2, 0) is 14.8 Å². The van der Waals surface area contributed by atoms with Gasteiger partial charge in [-0.05, 0) is 51.6 Å². The van der Waals surface area contributed by atoms with Gasteiger partial charge in [0.1, 0.15) is 0 Å². The Bertz CT molecular complexity index is 493. The highest BCUT2D eigenvalue weighted by molar-refractivity contribution is 7.88. The summed E-state index contributed by atoms with van der Waals surface area (Å²) in [5, 5.41) is 3.07. The molecule has 2 rings (SSSR count). The molecule has 0 aromatic carbocycles. The zero-order valence-corrected chi connectivity index (χ0v) is 15.4. The zero-order valence-electron chi connectivity index (χ0n) is 14.6. The summed E-state index contributed by atoms with van der Waals surface area (Å²) in [5.74, 6) is 0.838. The number of rotatable bonds is 5. The van der Waals surface area contributed by atoms with E-state index in [4.69, 9.17) is 0 Å². The first-order valence-corrected chi connectivity index (χ1v) is 10.6. The van der Waals surface area contributed by atoms with E-state index < -0.39 is 10.0 Å². The second kappa shape index (κ2) is 7.94. The Morgan fingerprint density at radius 3 is 2.22 bits per heavy atom. The molecule has 23 heavy (non-hydrogen) atoms. The number of nitrogens with zero attached hydrogens (tertiary/aromatic N) is 2. The topological polar surface area (TPSA) is 69.7 Å². The number of likely N-dealkylation sites (tertiary alicyclic amines) is 1. The van der Waals surface area contributed by atoms with Crippen LogP contribution in [0.4, 0.5) is 0 Å². The first-order chi connectivity index (χ1) is 10.8. The maximum atomic E-state index is 12.3. The van der Waals surface area contributed by atoms with Crippen molar-refractivity contribution in [1.29, 1.82) is 0 Å². The molecule has 0 saturated carbocycles. The van der Waals surface area contributed by atoms with E-state index in [2.05, 4.69) is 24.1 Å². The van der Waals surface area contributed by atoms with Crippen LogP contribution in [0.2, 0.25) is 0 Å². The number of piperidine rings is 2. The minimum atomic E-state index is -3.12. The second-order valence-corrected chi connectivity index (χ2v) is 9.23. The van der Waals surface area contributed by atoms with E-state index >= 15 is 0 Å². The lowest BCUT2D eigenvalue weighted by Gasteiger charge is -2.35. The Balaban J connectivity index is 1.71. The molecule has 1 N–H and O–H groups in total. The monoisotopic (exact) mass is 345 g/mol. The fourth-order valence-electron chi connectivity index (χ4n) is 3.44. The van der Waals surface area contributed by atoms with Crippen LogP contribution in [0.15, 0.2) is 0 Å². The van der Waals surface area contributed by atoms with E-state index in [1.807, 2.05) is 0 Å². The van der Waals surface area contributed by atoms with Crippen molar-refractivity contribution in [3.05, 3.63) is 0 Å². The first-order valence-electron chi connectivity index (χ1n) is 8.74. The number of nitrogens with one attached hydrogen (secondary N) is 1. The van der Waals surface area contributed by atoms with Crippen molar-refractivity contribution in [2.75, 3.05) is 39.0 Å². The van der Waals surface area contributed by atoms with Crippen LogP contribution in [0, 0.1) is 11.8 Å². The number of sulfonamides is 1. The number of hydrogen-bond acceptors (Lipinski definition) is 4. The normalized spacial score (nSPS) is 24.5. The molecule has 1 amide bonds. The third-order valence-corrected chi connectivity index (χ3v) is 6.61. The fraction of sp³-hybridized carbons (Fsp3) is 0.938. The van der Waals surface area contributed by atoms with Crippen molar-refractivity contribution in [1.82, 2.24) is 14.5 Å². The summed E-state index contributed by atoms with van der Waals surface area (Å²) in [6, 6.07) is 0.363. The van der Waals surface area contributed by atoms with E-state index in [0.29, 0.717) is 38.5 Å². The van der Waals surface area contributed by atoms with Gasteiger partial charge >= 0.3 is 0 Å². The predicted molar refractivity (Wildman–Crippen MR) is 91.6 cm³/mol. The van der Waals surface area contributed by atoms with Crippen molar-refractivity contribution in [2.45, 2.75) is 45.6 Å². The number of carbonyl (C=O) groups excluding carboxylic acids is 1. The summed E-state index contributed by atoms with van der Waals surface area (Å²) < 4.78 is 24.5. The van der Waals surface area contributed by atoms with Crippen molar-refractivity contribution in [2.24, 2.45) is 11.8 Å². The Morgan fingerprint density at radius 2 is 1.70 bits per heavy atom. The van der Waals surface area contributed by atoms with Crippen LogP contribution in [0.25, 0.3) is 0 Å². The summed E-state index contributed by atoms with van der Waals surface area (Å²) in [4.78, 5) is 14.7. The summed E-state index contributed by atoms with van der Waals surface area (Å²) >= 11 is 0. The Kier molecular flexibility index (Phi) is 6.45. The highest BCUT2D eigenvalue weighted by atomic mass is 32.2. The molecule has 0 radical (unpaired) electrons. The minimum absolute atomic E-state index is 0.0541. The van der Waals surface area contributed by atoms with E-state index in [1.54, 1.807) is 0 Å². The third kappa shape index (κ3) is 5.43. The lowest BCUT2D eigenvalue weighted by atomic mass is 9.96. The van der Waals surface area contributed by atoms with Crippen LogP contribution in [0.1, 0.15) is 39.5 Å². The molecular weight excluding hydrogens is 314 g/mol. The third-order valence-electron chi connectivity index (χ3n) is 5.31. The van der Waals surface area contributed by atoms with Gasteiger partial charge in [-0.25, -0.2) is 12.7 Å². The molecule has 7 heteroatoms. The molecule has 6 nitrogen and oxygen atoms in total. The van der Waals surface area contributed by atoms with Gasteiger partial charge in [-0.1, -0.05) is 6.92 Å². The fourth-order valence-corrected chi connectivity index (χ4v) is 4.31. The largest absolute Gasteiger partial charge is 0.354 e. The molecule has 134 valence electrons. The average molecular weight is 346 g/mol. The maximum Gasteiger partial charge on any atom is 0.223 e. The van der Waals surface area contributed by atoms with Crippen LogP contribution < -0.4 is 5.32 Å². The molecule has 1 unspecified atom stereocenters. The van der Waals surface area contributed by atoms with E-state index in [9.17, 15) is 13.2 Å². The molecule has 2 aliphatic heterocycles. The Morgan fingerprint density at radius 1 is 1.13 bits per heavy atom. The Labute approximate surface area is 140 Å². The quantitative estimate of drug-likeness (QED) is 0.804. The predicted octanol–water partition coefficient (Wildman–Crippen LogP) is 0.895. The smallest absolute Gasteiger partial charge is 0.223 e. The molecule has 2 saturated heterocycles. The van der Waals surface area contributed by atoms with Crippen LogP contribution in [0.3, 0.4) is 0 Å². The van der Waals surface area contributed by atoms with Gasteiger partial charge in [0, 0.05) is 31.6 Å². The van der Waals surface area contributed by atoms with Crippen LogP contribution >= 0.6 is 0 Å². The van der Waals surface area contributed by atoms with E-state index in [-0.39, 0.29) is 11.8 Å². The zero-order chi connectivity index (χ0) is 17.0. The lowest BCUT2D eigenvalue weighted by molar-refractivity contribution is -0.126. The van der Waals surface area contributed by atoms with Gasteiger partial charge in [0.25, 0.3) is 0 Å². The van der Waals surface area contributed by atoms with Gasteiger partial charge in [0.2, 0.25) is 15.9 Å². The number of hydrogen-bond donors (Lipinski definition) is 1. The van der Waals surface area contributed by atoms with Gasteiger partial charge in [-0.15, -0.1) is 0 Å². The van der Waals surface area contributed by atoms with Crippen molar-refractivity contribution < 1.29 is 13.2 Å². The molecule has 2 heterocycles. The van der Waals surface area contributed by atoms with E-state index in [1.165, 1.54) is 23.4 Å². The number of amides is 1. The molecule has 2 aliphatic rings. The van der Waals surface area contributed by atoms with Crippen molar-refractivity contribution in [3.63, 3.8) is 0 Å². The number of carbonyl (C=O) groups is 1. The molecule has 0 spiro atoms. The van der Waals surface area contributed by atoms with Gasteiger partial charge in [0.15, 0.2) is 0 Å². The van der Waals surface area contributed by atoms with Gasteiger partial charge in [-0.2, -0.15) is 0 Å². The molecule has 0 aliphatic carbocycles. The van der Waals surface area contributed by atoms with Crippen molar-refractivity contribution in [3.8, 4) is 0 Å². The molecule has 1 atom stereocenters. The van der Waals surface area contributed by atoms with E-state index in [0.717, 1.165) is 19.0 Å². The van der Waals surface area contributed by atoms with Crippen LogP contribution in [0.5, 0.6) is 0 Å². The van der Waals surface area contributed by atoms with Gasteiger partial charge in [0.05, 0.1) is 6.26 Å². The highest BCUT2D eigenvalue weighted by Gasteiger charge is 2.29. The summed E-state index contributed by atoms with van der Waals surface area (Å²) in [7, 11) is -3.12. The lowest BCUT2D eigenvalue weighted by Crippen LogP contribution is -2.48. The van der Waals surface area contributed by atoms with Gasteiger partial charge < -0.3 is 5.32 Å². The molecule has 0 bridgehead atoms.